The van der Waals surface area contributed by atoms with E-state index in [2.05, 4.69) is 5.32 Å². The van der Waals surface area contributed by atoms with Crippen LogP contribution in [0.15, 0.2) is 41.2 Å². The number of aromatic nitrogens is 2. The van der Waals surface area contributed by atoms with Gasteiger partial charge < -0.3 is 5.32 Å². The molecule has 1 aromatic heterocycles. The molecule has 5 heteroatoms. The van der Waals surface area contributed by atoms with Gasteiger partial charge in [0.15, 0.2) is 0 Å². The average molecular weight is 309 g/mol. The number of hydrogen-bond donors (Lipinski definition) is 1. The summed E-state index contributed by atoms with van der Waals surface area (Å²) in [6.07, 6.45) is 0. The number of carbonyl (C=O) groups excluding carboxylic acids is 1. The van der Waals surface area contributed by atoms with Crippen LogP contribution in [0.2, 0.25) is 0 Å². The van der Waals surface area contributed by atoms with Gasteiger partial charge in [-0.15, -0.1) is 0 Å². The van der Waals surface area contributed by atoms with Crippen LogP contribution in [0, 0.1) is 13.8 Å². The lowest BCUT2D eigenvalue weighted by atomic mass is 10.1. The van der Waals surface area contributed by atoms with Gasteiger partial charge in [-0.2, -0.15) is 0 Å². The van der Waals surface area contributed by atoms with Crippen molar-refractivity contribution in [3.05, 3.63) is 63.6 Å². The van der Waals surface area contributed by atoms with E-state index in [0.29, 0.717) is 5.56 Å². The molecular weight excluding hydrogens is 290 g/mol. The van der Waals surface area contributed by atoms with Crippen LogP contribution in [-0.4, -0.2) is 15.0 Å². The van der Waals surface area contributed by atoms with Gasteiger partial charge in [0.2, 0.25) is 0 Å². The molecule has 1 N–H and O–H groups in total. The summed E-state index contributed by atoms with van der Waals surface area (Å²) in [5.41, 5.74) is 4.87. The molecule has 0 saturated heterocycles. The first-order valence-electron chi connectivity index (χ1n) is 7.42. The summed E-state index contributed by atoms with van der Waals surface area (Å²) in [4.78, 5) is 24.5. The molecule has 118 valence electrons. The maximum Gasteiger partial charge on any atom is 0.328 e. The van der Waals surface area contributed by atoms with Gasteiger partial charge in [-0.25, -0.2) is 4.79 Å². The summed E-state index contributed by atoms with van der Waals surface area (Å²) in [6, 6.07) is 11.2. The summed E-state index contributed by atoms with van der Waals surface area (Å²) >= 11 is 0. The first-order valence-corrected chi connectivity index (χ1v) is 7.42. The lowest BCUT2D eigenvalue weighted by Gasteiger charge is -2.09. The Morgan fingerprint density at radius 3 is 2.39 bits per heavy atom. The van der Waals surface area contributed by atoms with Crippen LogP contribution in [0.5, 0.6) is 0 Å². The van der Waals surface area contributed by atoms with Crippen LogP contribution in [0.4, 0.5) is 5.69 Å². The third kappa shape index (κ3) is 2.54. The van der Waals surface area contributed by atoms with E-state index in [1.807, 2.05) is 32.0 Å². The summed E-state index contributed by atoms with van der Waals surface area (Å²) in [5, 5.41) is 2.94. The number of carbonyl (C=O) groups is 1. The number of nitrogens with zero attached hydrogens (tertiary/aromatic N) is 2. The fourth-order valence-electron chi connectivity index (χ4n) is 2.71. The molecule has 5 nitrogen and oxygen atoms in total. The van der Waals surface area contributed by atoms with Crippen LogP contribution < -0.4 is 11.0 Å². The predicted octanol–water partition coefficient (Wildman–Crippen LogP) is 2.75. The zero-order valence-electron chi connectivity index (χ0n) is 13.7. The van der Waals surface area contributed by atoms with E-state index < -0.39 is 0 Å². The molecule has 0 aliphatic carbocycles. The minimum Gasteiger partial charge on any atom is -0.322 e. The summed E-state index contributed by atoms with van der Waals surface area (Å²) < 4.78 is 3.12. The number of anilines is 1. The molecule has 0 saturated carbocycles. The second-order valence-corrected chi connectivity index (χ2v) is 5.88. The zero-order chi connectivity index (χ0) is 16.7. The van der Waals surface area contributed by atoms with Crippen LogP contribution in [0.1, 0.15) is 21.5 Å². The Bertz CT molecular complexity index is 980. The maximum absolute atomic E-state index is 12.5. The highest BCUT2D eigenvalue weighted by atomic mass is 16.2. The van der Waals surface area contributed by atoms with E-state index in [4.69, 9.17) is 0 Å². The largest absolute Gasteiger partial charge is 0.328 e. The van der Waals surface area contributed by atoms with E-state index in [1.165, 1.54) is 0 Å². The lowest BCUT2D eigenvalue weighted by molar-refractivity contribution is 0.102. The van der Waals surface area contributed by atoms with Gasteiger partial charge in [0.1, 0.15) is 0 Å². The third-order valence-corrected chi connectivity index (χ3v) is 4.18. The second kappa shape index (κ2) is 5.43. The highest BCUT2D eigenvalue weighted by molar-refractivity contribution is 6.06. The number of aryl methyl sites for hydroxylation is 4. The summed E-state index contributed by atoms with van der Waals surface area (Å²) in [5.74, 6) is -0.183. The number of fused-ring (bicyclic) bond motifs is 1. The predicted molar refractivity (Wildman–Crippen MR) is 92.0 cm³/mol. The molecule has 2 aromatic carbocycles. The van der Waals surface area contributed by atoms with Crippen molar-refractivity contribution >= 4 is 22.6 Å². The molecule has 0 unspecified atom stereocenters. The summed E-state index contributed by atoms with van der Waals surface area (Å²) in [7, 11) is 3.43. The number of hydrogen-bond acceptors (Lipinski definition) is 2. The lowest BCUT2D eigenvalue weighted by Crippen LogP contribution is -2.19. The van der Waals surface area contributed by atoms with Crippen LogP contribution in [-0.2, 0) is 14.1 Å². The second-order valence-electron chi connectivity index (χ2n) is 5.88. The molecule has 0 atom stereocenters. The van der Waals surface area contributed by atoms with E-state index in [-0.39, 0.29) is 11.6 Å². The molecule has 23 heavy (non-hydrogen) atoms. The highest BCUT2D eigenvalue weighted by Crippen LogP contribution is 2.19. The van der Waals surface area contributed by atoms with Gasteiger partial charge in [-0.05, 0) is 49.2 Å². The Hall–Kier alpha value is -2.82. The number of benzene rings is 2. The van der Waals surface area contributed by atoms with Crippen LogP contribution in [0.25, 0.3) is 11.0 Å². The minimum atomic E-state index is -0.183. The first kappa shape index (κ1) is 15.1. The quantitative estimate of drug-likeness (QED) is 0.791. The van der Waals surface area contributed by atoms with Gasteiger partial charge in [0, 0.05) is 25.3 Å². The van der Waals surface area contributed by atoms with E-state index in [0.717, 1.165) is 27.8 Å². The average Bonchev–Trinajstić information content (AvgIpc) is 2.75. The van der Waals surface area contributed by atoms with Crippen molar-refractivity contribution in [1.82, 2.24) is 9.13 Å². The molecule has 3 rings (SSSR count). The van der Waals surface area contributed by atoms with Gasteiger partial charge in [0.25, 0.3) is 5.91 Å². The Labute approximate surface area is 134 Å². The van der Waals surface area contributed by atoms with Gasteiger partial charge >= 0.3 is 5.69 Å². The molecule has 0 spiro atoms. The third-order valence-electron chi connectivity index (χ3n) is 4.18. The van der Waals surface area contributed by atoms with Crippen molar-refractivity contribution in [2.24, 2.45) is 14.1 Å². The molecule has 0 fully saturated rings. The SMILES string of the molecule is Cc1ccc(C)c(NC(=O)c2ccc3c(c2)n(C)c(=O)n3C)c1. The molecule has 0 bridgehead atoms. The van der Waals surface area contributed by atoms with E-state index in [9.17, 15) is 9.59 Å². The van der Waals surface area contributed by atoms with Crippen LogP contribution in [0.3, 0.4) is 0 Å². The van der Waals surface area contributed by atoms with Gasteiger partial charge in [-0.1, -0.05) is 12.1 Å². The maximum atomic E-state index is 12.5. The number of amides is 1. The number of imidazole rings is 1. The Morgan fingerprint density at radius 1 is 0.957 bits per heavy atom. The van der Waals surface area contributed by atoms with Gasteiger partial charge in [-0.3, -0.25) is 13.9 Å². The molecule has 0 radical (unpaired) electrons. The molecule has 3 aromatic rings. The van der Waals surface area contributed by atoms with Crippen molar-refractivity contribution in [2.75, 3.05) is 5.32 Å². The topological polar surface area (TPSA) is 56.0 Å². The zero-order valence-corrected chi connectivity index (χ0v) is 13.7. The normalized spacial score (nSPS) is 11.0. The van der Waals surface area contributed by atoms with Crippen molar-refractivity contribution in [2.45, 2.75) is 13.8 Å². The van der Waals surface area contributed by atoms with Gasteiger partial charge in [0.05, 0.1) is 11.0 Å². The minimum absolute atomic E-state index is 0.105. The fourth-order valence-corrected chi connectivity index (χ4v) is 2.71. The smallest absolute Gasteiger partial charge is 0.322 e. The van der Waals surface area contributed by atoms with Crippen LogP contribution >= 0.6 is 0 Å². The molecule has 0 aliphatic rings. The monoisotopic (exact) mass is 309 g/mol. The van der Waals surface area contributed by atoms with Crippen molar-refractivity contribution in [3.63, 3.8) is 0 Å². The fraction of sp³-hybridized carbons (Fsp3) is 0.222. The van der Waals surface area contributed by atoms with E-state index >= 15 is 0 Å². The molecule has 0 aliphatic heterocycles. The molecular formula is C18H19N3O2. The van der Waals surface area contributed by atoms with Crippen molar-refractivity contribution < 1.29 is 4.79 Å². The van der Waals surface area contributed by atoms with E-state index in [1.54, 1.807) is 41.4 Å². The molecule has 1 amide bonds. The molecule has 1 heterocycles. The Morgan fingerprint density at radius 2 is 1.65 bits per heavy atom. The summed E-state index contributed by atoms with van der Waals surface area (Å²) in [6.45, 7) is 3.94. The number of nitrogens with one attached hydrogen (secondary N) is 1. The first-order chi connectivity index (χ1) is 10.9. The van der Waals surface area contributed by atoms with Crippen molar-refractivity contribution in [3.8, 4) is 0 Å². The van der Waals surface area contributed by atoms with Crippen molar-refractivity contribution in [1.29, 1.82) is 0 Å². The Balaban J connectivity index is 2.00. The standard InChI is InChI=1S/C18H19N3O2/c1-11-5-6-12(2)14(9-11)19-17(22)13-7-8-15-16(10-13)21(4)18(23)20(15)3/h5-10H,1-4H3,(H,19,22). The highest BCUT2D eigenvalue weighted by Gasteiger charge is 2.12. The Kier molecular flexibility index (Phi) is 3.56. The number of rotatable bonds is 2.